The summed E-state index contributed by atoms with van der Waals surface area (Å²) in [6, 6.07) is 6.21. The van der Waals surface area contributed by atoms with Crippen LogP contribution in [0.3, 0.4) is 0 Å². The second-order valence-electron chi connectivity index (χ2n) is 8.30. The van der Waals surface area contributed by atoms with Gasteiger partial charge >= 0.3 is 0 Å². The summed E-state index contributed by atoms with van der Waals surface area (Å²) in [4.78, 5) is 18.5. The van der Waals surface area contributed by atoms with Crippen LogP contribution in [0, 0.1) is 12.8 Å². The zero-order chi connectivity index (χ0) is 23.2. The maximum Gasteiger partial charge on any atom is 0.220 e. The van der Waals surface area contributed by atoms with Crippen LogP contribution in [0.15, 0.2) is 23.2 Å². The van der Waals surface area contributed by atoms with E-state index in [0.29, 0.717) is 19.8 Å². The minimum absolute atomic E-state index is 0.0613. The number of rotatable bonds is 13. The van der Waals surface area contributed by atoms with Crippen molar-refractivity contribution in [2.24, 2.45) is 16.6 Å². The molecule has 0 spiro atoms. The van der Waals surface area contributed by atoms with E-state index in [1.54, 1.807) is 7.11 Å². The number of nitrogens with one attached hydrogen (secondary N) is 2. The van der Waals surface area contributed by atoms with Crippen LogP contribution in [-0.2, 0) is 16.1 Å². The van der Waals surface area contributed by atoms with Gasteiger partial charge in [-0.05, 0) is 70.8 Å². The van der Waals surface area contributed by atoms with Crippen LogP contribution in [0.1, 0.15) is 43.7 Å². The summed E-state index contributed by atoms with van der Waals surface area (Å²) < 4.78 is 11.0. The summed E-state index contributed by atoms with van der Waals surface area (Å²) in [6.45, 7) is 10.4. The Labute approximate surface area is 192 Å². The second kappa shape index (κ2) is 14.7. The van der Waals surface area contributed by atoms with Gasteiger partial charge in [-0.15, -0.1) is 0 Å². The third-order valence-electron chi connectivity index (χ3n) is 5.70. The van der Waals surface area contributed by atoms with Crippen LogP contribution in [0.4, 0.5) is 0 Å². The molecule has 8 nitrogen and oxygen atoms in total. The van der Waals surface area contributed by atoms with Crippen LogP contribution in [0.2, 0.25) is 0 Å². The molecule has 32 heavy (non-hydrogen) atoms. The number of hydrogen-bond acceptors (Lipinski definition) is 5. The predicted octanol–water partition coefficient (Wildman–Crippen LogP) is 2.05. The maximum atomic E-state index is 11.3. The van der Waals surface area contributed by atoms with E-state index in [1.807, 2.05) is 6.07 Å². The molecule has 1 amide bonds. The standard InChI is InChI=1S/C24H41N5O3/c1-4-26-24(27-11-5-6-12-29-13-9-20(10-14-29)23(25)30)28-18-21-8-7-19(2)17-22(21)32-16-15-31-3/h7-8,17,20H,4-6,9-16,18H2,1-3H3,(H2,25,30)(H2,26,27,28). The van der Waals surface area contributed by atoms with Crippen LogP contribution < -0.4 is 21.1 Å². The van der Waals surface area contributed by atoms with E-state index >= 15 is 0 Å². The highest BCUT2D eigenvalue weighted by Gasteiger charge is 2.22. The monoisotopic (exact) mass is 447 g/mol. The van der Waals surface area contributed by atoms with Crippen molar-refractivity contribution in [1.82, 2.24) is 15.5 Å². The molecule has 180 valence electrons. The minimum Gasteiger partial charge on any atom is -0.491 e. The third-order valence-corrected chi connectivity index (χ3v) is 5.70. The summed E-state index contributed by atoms with van der Waals surface area (Å²) in [5, 5.41) is 6.75. The zero-order valence-corrected chi connectivity index (χ0v) is 20.0. The molecule has 0 atom stereocenters. The first-order chi connectivity index (χ1) is 15.5. The number of aliphatic imine (C=N–C) groups is 1. The maximum absolute atomic E-state index is 11.3. The number of primary amides is 1. The largest absolute Gasteiger partial charge is 0.491 e. The first-order valence-corrected chi connectivity index (χ1v) is 11.8. The van der Waals surface area contributed by atoms with Crippen molar-refractivity contribution < 1.29 is 14.3 Å². The Morgan fingerprint density at radius 1 is 1.22 bits per heavy atom. The molecule has 0 radical (unpaired) electrons. The van der Waals surface area contributed by atoms with Crippen molar-refractivity contribution >= 4 is 11.9 Å². The summed E-state index contributed by atoms with van der Waals surface area (Å²) in [5.74, 6) is 1.59. The Morgan fingerprint density at radius 3 is 2.69 bits per heavy atom. The minimum atomic E-state index is -0.150. The molecule has 8 heteroatoms. The van der Waals surface area contributed by atoms with Crippen molar-refractivity contribution in [3.8, 4) is 5.75 Å². The predicted molar refractivity (Wildman–Crippen MR) is 129 cm³/mol. The highest BCUT2D eigenvalue weighted by molar-refractivity contribution is 5.79. The average Bonchev–Trinajstić information content (AvgIpc) is 2.78. The van der Waals surface area contributed by atoms with E-state index in [0.717, 1.165) is 81.2 Å². The number of hydrogen-bond donors (Lipinski definition) is 3. The molecule has 1 aromatic rings. The highest BCUT2D eigenvalue weighted by atomic mass is 16.5. The molecule has 1 aromatic carbocycles. The van der Waals surface area contributed by atoms with E-state index in [4.69, 9.17) is 20.2 Å². The van der Waals surface area contributed by atoms with Gasteiger partial charge in [0.25, 0.3) is 0 Å². The van der Waals surface area contributed by atoms with Crippen molar-refractivity contribution in [1.29, 1.82) is 0 Å². The fourth-order valence-electron chi connectivity index (χ4n) is 3.78. The number of nitrogens with zero attached hydrogens (tertiary/aromatic N) is 2. The molecule has 0 saturated carbocycles. The molecule has 1 saturated heterocycles. The lowest BCUT2D eigenvalue weighted by Crippen LogP contribution is -2.39. The molecule has 1 fully saturated rings. The molecule has 1 heterocycles. The zero-order valence-electron chi connectivity index (χ0n) is 20.0. The van der Waals surface area contributed by atoms with Crippen molar-refractivity contribution in [3.63, 3.8) is 0 Å². The molecule has 1 aliphatic rings. The number of guanidine groups is 1. The number of amides is 1. The van der Waals surface area contributed by atoms with Crippen LogP contribution in [-0.4, -0.2) is 69.8 Å². The quantitative estimate of drug-likeness (QED) is 0.243. The van der Waals surface area contributed by atoms with E-state index < -0.39 is 0 Å². The van der Waals surface area contributed by atoms with Crippen molar-refractivity contribution in [2.75, 3.05) is 53.0 Å². The van der Waals surface area contributed by atoms with Gasteiger partial charge in [0.1, 0.15) is 12.4 Å². The van der Waals surface area contributed by atoms with Gasteiger partial charge in [-0.1, -0.05) is 12.1 Å². The van der Waals surface area contributed by atoms with Crippen molar-refractivity contribution in [2.45, 2.75) is 46.1 Å². The molecule has 4 N–H and O–H groups in total. The number of ether oxygens (including phenoxy) is 2. The lowest BCUT2D eigenvalue weighted by atomic mass is 9.96. The first kappa shape index (κ1) is 25.9. The van der Waals surface area contributed by atoms with Gasteiger partial charge in [0.2, 0.25) is 5.91 Å². The summed E-state index contributed by atoms with van der Waals surface area (Å²) in [6.07, 6.45) is 3.96. The molecule has 0 unspecified atom stereocenters. The van der Waals surface area contributed by atoms with Gasteiger partial charge < -0.3 is 30.7 Å². The van der Waals surface area contributed by atoms with Gasteiger partial charge in [0.05, 0.1) is 13.2 Å². The van der Waals surface area contributed by atoms with Gasteiger partial charge in [0.15, 0.2) is 5.96 Å². The average molecular weight is 448 g/mol. The van der Waals surface area contributed by atoms with Crippen LogP contribution in [0.25, 0.3) is 0 Å². The summed E-state index contributed by atoms with van der Waals surface area (Å²) in [7, 11) is 1.67. The number of carbonyl (C=O) groups excluding carboxylic acids is 1. The number of aryl methyl sites for hydroxylation is 1. The SMILES string of the molecule is CCNC(=NCc1ccc(C)cc1OCCOC)NCCCCN1CCC(C(N)=O)CC1. The lowest BCUT2D eigenvalue weighted by molar-refractivity contribution is -0.123. The van der Waals surface area contributed by atoms with E-state index in [2.05, 4.69) is 41.5 Å². The summed E-state index contributed by atoms with van der Waals surface area (Å²) >= 11 is 0. The Kier molecular flexibility index (Phi) is 11.9. The smallest absolute Gasteiger partial charge is 0.220 e. The van der Waals surface area contributed by atoms with Gasteiger partial charge in [-0.25, -0.2) is 4.99 Å². The Morgan fingerprint density at radius 2 is 2.00 bits per heavy atom. The number of piperidine rings is 1. The Hall–Kier alpha value is -2.32. The molecule has 2 rings (SSSR count). The van der Waals surface area contributed by atoms with Gasteiger partial charge in [-0.2, -0.15) is 0 Å². The van der Waals surface area contributed by atoms with Gasteiger partial charge in [-0.3, -0.25) is 4.79 Å². The number of carbonyl (C=O) groups is 1. The number of methoxy groups -OCH3 is 1. The molecule has 0 bridgehead atoms. The van der Waals surface area contributed by atoms with Crippen LogP contribution >= 0.6 is 0 Å². The van der Waals surface area contributed by atoms with E-state index in [1.165, 1.54) is 0 Å². The van der Waals surface area contributed by atoms with E-state index in [9.17, 15) is 4.79 Å². The van der Waals surface area contributed by atoms with Crippen molar-refractivity contribution in [3.05, 3.63) is 29.3 Å². The normalized spacial score (nSPS) is 15.5. The Bertz CT molecular complexity index is 718. The molecule has 0 aliphatic carbocycles. The van der Waals surface area contributed by atoms with Crippen LogP contribution in [0.5, 0.6) is 5.75 Å². The van der Waals surface area contributed by atoms with Gasteiger partial charge in [0, 0.05) is 31.7 Å². The molecular weight excluding hydrogens is 406 g/mol. The topological polar surface area (TPSA) is 101 Å². The highest BCUT2D eigenvalue weighted by Crippen LogP contribution is 2.21. The molecule has 0 aromatic heterocycles. The molecular formula is C24H41N5O3. The first-order valence-electron chi connectivity index (χ1n) is 11.8. The fourth-order valence-corrected chi connectivity index (χ4v) is 3.78. The lowest BCUT2D eigenvalue weighted by Gasteiger charge is -2.30. The number of unbranched alkanes of at least 4 members (excludes halogenated alkanes) is 1. The fraction of sp³-hybridized carbons (Fsp3) is 0.667. The third kappa shape index (κ3) is 9.44. The van der Waals surface area contributed by atoms with E-state index in [-0.39, 0.29) is 11.8 Å². The number of likely N-dealkylation sites (tertiary alicyclic amines) is 1. The number of benzene rings is 1. The number of nitrogens with two attached hydrogens (primary N) is 1. The Balaban J connectivity index is 1.75. The summed E-state index contributed by atoms with van der Waals surface area (Å²) in [5.41, 5.74) is 7.63. The second-order valence-corrected chi connectivity index (χ2v) is 8.30. The molecule has 1 aliphatic heterocycles.